The number of carbonyl (C=O) groups is 1. The number of non-ortho nitro benzene ring substituents is 1. The third-order valence-corrected chi connectivity index (χ3v) is 5.24. The fraction of sp³-hybridized carbons (Fsp3) is 0.167. The Morgan fingerprint density at radius 1 is 1.06 bits per heavy atom. The lowest BCUT2D eigenvalue weighted by Gasteiger charge is -2.11. The first-order valence-electron chi connectivity index (χ1n) is 10.4. The van der Waals surface area contributed by atoms with Crippen molar-refractivity contribution in [2.45, 2.75) is 25.1 Å². The summed E-state index contributed by atoms with van der Waals surface area (Å²) in [6.07, 6.45) is 2.00. The standard InChI is InChI=1S/C24H23N5O4/c30-24(28-25-15-17-6-10-20(11-7-17)29(31)32)23-14-22(26-27-23)19-8-12-21(13-9-19)33-16-18-4-2-1-3-5-18/h1-13,15,22-23,26-27H,14,16H2,(H,28,30)/b25-15+. The molecule has 9 nitrogen and oxygen atoms in total. The molecule has 1 saturated heterocycles. The van der Waals surface area contributed by atoms with Crippen LogP contribution in [0.5, 0.6) is 5.75 Å². The van der Waals surface area contributed by atoms with Gasteiger partial charge in [0.2, 0.25) is 0 Å². The number of hydrogen-bond acceptors (Lipinski definition) is 7. The Labute approximate surface area is 190 Å². The second-order valence-corrected chi connectivity index (χ2v) is 7.56. The summed E-state index contributed by atoms with van der Waals surface area (Å²) in [5.41, 5.74) is 11.4. The fourth-order valence-corrected chi connectivity index (χ4v) is 3.41. The summed E-state index contributed by atoms with van der Waals surface area (Å²) < 4.78 is 5.82. The van der Waals surface area contributed by atoms with Crippen molar-refractivity contribution in [2.24, 2.45) is 5.10 Å². The Bertz CT molecular complexity index is 1120. The predicted octanol–water partition coefficient (Wildman–Crippen LogP) is 3.23. The van der Waals surface area contributed by atoms with Gasteiger partial charge in [0.15, 0.2) is 0 Å². The molecule has 4 rings (SSSR count). The topological polar surface area (TPSA) is 118 Å². The lowest BCUT2D eigenvalue weighted by molar-refractivity contribution is -0.384. The lowest BCUT2D eigenvalue weighted by atomic mass is 10.0. The first-order chi connectivity index (χ1) is 16.1. The molecular formula is C24H23N5O4. The summed E-state index contributed by atoms with van der Waals surface area (Å²) in [7, 11) is 0. The van der Waals surface area contributed by atoms with Gasteiger partial charge < -0.3 is 4.74 Å². The van der Waals surface area contributed by atoms with Crippen LogP contribution < -0.4 is 21.0 Å². The molecule has 1 amide bonds. The highest BCUT2D eigenvalue weighted by Crippen LogP contribution is 2.24. The van der Waals surface area contributed by atoms with Gasteiger partial charge in [-0.25, -0.2) is 16.3 Å². The Balaban J connectivity index is 1.25. The normalized spacial score (nSPS) is 17.7. The molecule has 1 aliphatic heterocycles. The van der Waals surface area contributed by atoms with E-state index in [4.69, 9.17) is 4.74 Å². The van der Waals surface area contributed by atoms with Gasteiger partial charge in [0.05, 0.1) is 11.1 Å². The second kappa shape index (κ2) is 10.5. The number of carbonyl (C=O) groups excluding carboxylic acids is 1. The van der Waals surface area contributed by atoms with Crippen LogP contribution in [0.15, 0.2) is 84.0 Å². The highest BCUT2D eigenvalue weighted by atomic mass is 16.6. The van der Waals surface area contributed by atoms with E-state index in [2.05, 4.69) is 21.4 Å². The number of hydrogen-bond donors (Lipinski definition) is 3. The van der Waals surface area contributed by atoms with Crippen molar-refractivity contribution >= 4 is 17.8 Å². The van der Waals surface area contributed by atoms with Gasteiger partial charge in [-0.2, -0.15) is 5.10 Å². The summed E-state index contributed by atoms with van der Waals surface area (Å²) in [6.45, 7) is 0.506. The molecule has 2 atom stereocenters. The molecule has 0 spiro atoms. The van der Waals surface area contributed by atoms with Crippen LogP contribution in [0.1, 0.15) is 29.2 Å². The minimum atomic E-state index is -0.469. The van der Waals surface area contributed by atoms with Gasteiger partial charge in [-0.3, -0.25) is 14.9 Å². The maximum atomic E-state index is 12.4. The van der Waals surface area contributed by atoms with Crippen LogP contribution in [0.4, 0.5) is 5.69 Å². The second-order valence-electron chi connectivity index (χ2n) is 7.56. The molecule has 0 saturated carbocycles. The van der Waals surface area contributed by atoms with Crippen molar-refractivity contribution in [2.75, 3.05) is 0 Å². The Morgan fingerprint density at radius 2 is 1.79 bits per heavy atom. The summed E-state index contributed by atoms with van der Waals surface area (Å²) in [6, 6.07) is 23.2. The molecule has 1 fully saturated rings. The number of hydrazine groups is 1. The zero-order valence-electron chi connectivity index (χ0n) is 17.7. The number of rotatable bonds is 8. The maximum Gasteiger partial charge on any atom is 0.269 e. The molecule has 0 aliphatic carbocycles. The first kappa shape index (κ1) is 22.1. The minimum absolute atomic E-state index is 0.000697. The van der Waals surface area contributed by atoms with Crippen molar-refractivity contribution in [1.82, 2.24) is 16.3 Å². The van der Waals surface area contributed by atoms with Gasteiger partial charge in [-0.1, -0.05) is 42.5 Å². The van der Waals surface area contributed by atoms with Crippen molar-refractivity contribution in [3.63, 3.8) is 0 Å². The van der Waals surface area contributed by atoms with Crippen molar-refractivity contribution in [3.8, 4) is 5.75 Å². The number of nitro benzene ring substituents is 1. The third-order valence-electron chi connectivity index (χ3n) is 5.24. The quantitative estimate of drug-likeness (QED) is 0.278. The summed E-state index contributed by atoms with van der Waals surface area (Å²) in [5, 5.41) is 14.6. The molecule has 0 aromatic heterocycles. The third kappa shape index (κ3) is 6.00. The zero-order valence-corrected chi connectivity index (χ0v) is 17.7. The van der Waals surface area contributed by atoms with Gasteiger partial charge in [0.25, 0.3) is 11.6 Å². The van der Waals surface area contributed by atoms with Crippen LogP contribution in [0, 0.1) is 10.1 Å². The molecule has 3 aromatic rings. The largest absolute Gasteiger partial charge is 0.489 e. The molecule has 1 heterocycles. The van der Waals surface area contributed by atoms with Gasteiger partial charge in [0, 0.05) is 18.2 Å². The molecule has 0 radical (unpaired) electrons. The van der Waals surface area contributed by atoms with Gasteiger partial charge in [0.1, 0.15) is 18.4 Å². The number of benzene rings is 3. The van der Waals surface area contributed by atoms with Crippen LogP contribution in [-0.2, 0) is 11.4 Å². The van der Waals surface area contributed by atoms with Gasteiger partial charge in [-0.15, -0.1) is 0 Å². The van der Waals surface area contributed by atoms with E-state index in [1.165, 1.54) is 18.3 Å². The molecule has 2 unspecified atom stereocenters. The number of nitrogens with zero attached hydrogens (tertiary/aromatic N) is 2. The van der Waals surface area contributed by atoms with Crippen LogP contribution in [0.25, 0.3) is 0 Å². The molecule has 168 valence electrons. The monoisotopic (exact) mass is 445 g/mol. The van der Waals surface area contributed by atoms with E-state index in [-0.39, 0.29) is 17.6 Å². The SMILES string of the molecule is O=C(N/N=C/c1ccc([N+](=O)[O-])cc1)C1CC(c2ccc(OCc3ccccc3)cc2)NN1. The highest BCUT2D eigenvalue weighted by molar-refractivity contribution is 5.85. The van der Waals surface area contributed by atoms with Crippen molar-refractivity contribution in [3.05, 3.63) is 106 Å². The zero-order chi connectivity index (χ0) is 23.0. The summed E-state index contributed by atoms with van der Waals surface area (Å²) in [4.78, 5) is 22.6. The lowest BCUT2D eigenvalue weighted by Crippen LogP contribution is -2.41. The molecule has 1 aliphatic rings. The van der Waals surface area contributed by atoms with Crippen LogP contribution >= 0.6 is 0 Å². The Hall–Kier alpha value is -4.08. The summed E-state index contributed by atoms with van der Waals surface area (Å²) in [5.74, 6) is 0.509. The molecule has 33 heavy (non-hydrogen) atoms. The predicted molar refractivity (Wildman–Crippen MR) is 123 cm³/mol. The molecule has 9 heteroatoms. The van der Waals surface area contributed by atoms with E-state index in [1.54, 1.807) is 12.1 Å². The molecule has 3 N–H and O–H groups in total. The Kier molecular flexibility index (Phi) is 7.03. The van der Waals surface area contributed by atoms with E-state index >= 15 is 0 Å². The average Bonchev–Trinajstić information content (AvgIpc) is 3.34. The number of hydrazone groups is 1. The van der Waals surface area contributed by atoms with E-state index < -0.39 is 11.0 Å². The number of nitrogens with one attached hydrogen (secondary N) is 3. The van der Waals surface area contributed by atoms with E-state index in [0.29, 0.717) is 18.6 Å². The van der Waals surface area contributed by atoms with E-state index in [0.717, 1.165) is 16.9 Å². The fourth-order valence-electron chi connectivity index (χ4n) is 3.41. The van der Waals surface area contributed by atoms with E-state index in [1.807, 2.05) is 54.6 Å². The van der Waals surface area contributed by atoms with Crippen LogP contribution in [-0.4, -0.2) is 23.1 Å². The molecule has 3 aromatic carbocycles. The number of ether oxygens (including phenoxy) is 1. The number of amides is 1. The maximum absolute atomic E-state index is 12.4. The molecular weight excluding hydrogens is 422 g/mol. The molecule has 0 bridgehead atoms. The highest BCUT2D eigenvalue weighted by Gasteiger charge is 2.30. The Morgan fingerprint density at radius 3 is 2.48 bits per heavy atom. The van der Waals surface area contributed by atoms with Gasteiger partial charge >= 0.3 is 0 Å². The van der Waals surface area contributed by atoms with Crippen LogP contribution in [0.2, 0.25) is 0 Å². The average molecular weight is 445 g/mol. The van der Waals surface area contributed by atoms with Crippen molar-refractivity contribution < 1.29 is 14.5 Å². The van der Waals surface area contributed by atoms with E-state index in [9.17, 15) is 14.9 Å². The van der Waals surface area contributed by atoms with Crippen LogP contribution in [0.3, 0.4) is 0 Å². The summed E-state index contributed by atoms with van der Waals surface area (Å²) >= 11 is 0. The van der Waals surface area contributed by atoms with Crippen molar-refractivity contribution in [1.29, 1.82) is 0 Å². The van der Waals surface area contributed by atoms with Gasteiger partial charge in [-0.05, 0) is 47.4 Å². The number of nitro groups is 1. The first-order valence-corrected chi connectivity index (χ1v) is 10.4. The smallest absolute Gasteiger partial charge is 0.269 e. The minimum Gasteiger partial charge on any atom is -0.489 e.